The van der Waals surface area contributed by atoms with E-state index in [0.29, 0.717) is 23.0 Å². The van der Waals surface area contributed by atoms with Crippen molar-refractivity contribution in [2.24, 2.45) is 0 Å². The maximum Gasteiger partial charge on any atom is 0.197 e. The summed E-state index contributed by atoms with van der Waals surface area (Å²) in [5.41, 5.74) is 12.9. The number of rotatable bonds is 4. The molecule has 0 fully saturated rings. The van der Waals surface area contributed by atoms with E-state index in [1.807, 2.05) is 18.2 Å². The summed E-state index contributed by atoms with van der Waals surface area (Å²) < 4.78 is 0. The fourth-order valence-electron chi connectivity index (χ4n) is 8.50. The lowest BCUT2D eigenvalue weighted by atomic mass is 9.65. The summed E-state index contributed by atoms with van der Waals surface area (Å²) in [6, 6.07) is 42.6. The van der Waals surface area contributed by atoms with Crippen molar-refractivity contribution in [1.29, 1.82) is 0 Å². The van der Waals surface area contributed by atoms with Crippen LogP contribution in [0.15, 0.2) is 127 Å². The molecular formula is C45H35NO2S. The van der Waals surface area contributed by atoms with Crippen molar-refractivity contribution >= 4 is 45.4 Å². The first-order valence-corrected chi connectivity index (χ1v) is 17.9. The van der Waals surface area contributed by atoms with Gasteiger partial charge in [0.1, 0.15) is 5.00 Å². The van der Waals surface area contributed by atoms with Crippen LogP contribution in [0.5, 0.6) is 0 Å². The molecule has 0 amide bonds. The number of hydrogen-bond donors (Lipinski definition) is 0. The van der Waals surface area contributed by atoms with Crippen LogP contribution in [-0.2, 0) is 5.41 Å². The van der Waals surface area contributed by atoms with Gasteiger partial charge in [0.15, 0.2) is 11.6 Å². The molecule has 1 aromatic heterocycles. The SMILES string of the molecule is CC(C)c1cccc(C(C)C)c1N1c2ccccc2C2(c3ccccc3-c3ccccc32)c2cc(C=C3C(=O)c4ccccc4C3=O)sc21. The van der Waals surface area contributed by atoms with Crippen LogP contribution in [0.1, 0.15) is 98.5 Å². The number of hydrogen-bond acceptors (Lipinski definition) is 4. The zero-order valence-corrected chi connectivity index (χ0v) is 28.8. The van der Waals surface area contributed by atoms with Gasteiger partial charge >= 0.3 is 0 Å². The Balaban J connectivity index is 1.40. The van der Waals surface area contributed by atoms with Crippen LogP contribution < -0.4 is 4.90 Å². The van der Waals surface area contributed by atoms with Crippen LogP contribution in [0, 0.1) is 0 Å². The van der Waals surface area contributed by atoms with E-state index >= 15 is 0 Å². The van der Waals surface area contributed by atoms with E-state index < -0.39 is 5.41 Å². The molecule has 0 N–H and O–H groups in total. The van der Waals surface area contributed by atoms with Crippen molar-refractivity contribution < 1.29 is 9.59 Å². The minimum absolute atomic E-state index is 0.203. The number of Topliss-reactive ketones (excluding diaryl/α,β-unsaturated/α-hetero) is 2. The number of anilines is 3. The monoisotopic (exact) mass is 653 g/mol. The first-order valence-electron chi connectivity index (χ1n) is 17.1. The summed E-state index contributed by atoms with van der Waals surface area (Å²) >= 11 is 1.67. The summed E-state index contributed by atoms with van der Waals surface area (Å²) in [6.07, 6.45) is 1.84. The van der Waals surface area contributed by atoms with Gasteiger partial charge in [-0.25, -0.2) is 0 Å². The minimum atomic E-state index is -0.583. The molecule has 0 unspecified atom stereocenters. The number of thiophene rings is 1. The summed E-state index contributed by atoms with van der Waals surface area (Å²) in [5.74, 6) is 0.181. The zero-order valence-electron chi connectivity index (χ0n) is 28.0. The predicted octanol–water partition coefficient (Wildman–Crippen LogP) is 11.6. The number of carbonyl (C=O) groups is 2. The van der Waals surface area contributed by atoms with Crippen molar-refractivity contribution in [3.8, 4) is 11.1 Å². The van der Waals surface area contributed by atoms with E-state index in [4.69, 9.17) is 0 Å². The fourth-order valence-corrected chi connectivity index (χ4v) is 9.68. The van der Waals surface area contributed by atoms with Crippen molar-refractivity contribution in [1.82, 2.24) is 0 Å². The topological polar surface area (TPSA) is 37.4 Å². The summed E-state index contributed by atoms with van der Waals surface area (Å²) in [4.78, 5) is 30.7. The molecule has 3 aliphatic rings. The average Bonchev–Trinajstić information content (AvgIpc) is 3.75. The second kappa shape index (κ2) is 10.8. The molecule has 0 atom stereocenters. The molecule has 0 saturated carbocycles. The highest BCUT2D eigenvalue weighted by Gasteiger charge is 2.53. The third-order valence-electron chi connectivity index (χ3n) is 10.6. The van der Waals surface area contributed by atoms with Gasteiger partial charge in [0, 0.05) is 21.6 Å². The molecule has 5 aromatic carbocycles. The van der Waals surface area contributed by atoms with Gasteiger partial charge in [-0.1, -0.05) is 137 Å². The molecule has 0 radical (unpaired) electrons. The highest BCUT2D eigenvalue weighted by atomic mass is 32.1. The lowest BCUT2D eigenvalue weighted by molar-refractivity contribution is 0.0990. The summed E-state index contributed by atoms with van der Waals surface area (Å²) in [7, 11) is 0. The summed E-state index contributed by atoms with van der Waals surface area (Å²) in [6.45, 7) is 9.07. The Morgan fingerprint density at radius 1 is 0.571 bits per heavy atom. The van der Waals surface area contributed by atoms with Gasteiger partial charge in [-0.3, -0.25) is 9.59 Å². The first-order chi connectivity index (χ1) is 23.8. The number of allylic oxidation sites excluding steroid dienone is 1. The van der Waals surface area contributed by atoms with Crippen LogP contribution in [0.3, 0.4) is 0 Å². The maximum atomic E-state index is 13.6. The lowest BCUT2D eigenvalue weighted by Gasteiger charge is -2.44. The highest BCUT2D eigenvalue weighted by Crippen LogP contribution is 2.65. The Kier molecular flexibility index (Phi) is 6.59. The van der Waals surface area contributed by atoms with Crippen LogP contribution in [0.25, 0.3) is 17.2 Å². The lowest BCUT2D eigenvalue weighted by Crippen LogP contribution is -2.35. The van der Waals surface area contributed by atoms with Gasteiger partial charge < -0.3 is 4.90 Å². The highest BCUT2D eigenvalue weighted by molar-refractivity contribution is 7.17. The molecule has 49 heavy (non-hydrogen) atoms. The minimum Gasteiger partial charge on any atom is -0.301 e. The van der Waals surface area contributed by atoms with Gasteiger partial charge in [-0.05, 0) is 69.0 Å². The van der Waals surface area contributed by atoms with Crippen LogP contribution >= 0.6 is 11.3 Å². The third kappa shape index (κ3) is 4.01. The third-order valence-corrected chi connectivity index (χ3v) is 11.7. The number of fused-ring (bicyclic) bond motifs is 10. The van der Waals surface area contributed by atoms with Crippen molar-refractivity contribution in [3.05, 3.63) is 176 Å². The fraction of sp³-hybridized carbons (Fsp3) is 0.156. The normalized spacial score (nSPS) is 15.1. The Hall–Kier alpha value is -5.32. The maximum absolute atomic E-state index is 13.6. The van der Waals surface area contributed by atoms with Gasteiger partial charge in [0.2, 0.25) is 0 Å². The molecule has 6 aromatic rings. The molecule has 9 rings (SSSR count). The number of benzene rings is 5. The van der Waals surface area contributed by atoms with E-state index in [1.54, 1.807) is 23.5 Å². The van der Waals surface area contributed by atoms with Gasteiger partial charge in [-0.2, -0.15) is 0 Å². The van der Waals surface area contributed by atoms with Crippen molar-refractivity contribution in [2.75, 3.05) is 4.90 Å². The first kappa shape index (κ1) is 29.8. The second-order valence-corrected chi connectivity index (χ2v) is 15.0. The van der Waals surface area contributed by atoms with E-state index in [0.717, 1.165) is 15.6 Å². The van der Waals surface area contributed by atoms with Crippen LogP contribution in [0.2, 0.25) is 0 Å². The van der Waals surface area contributed by atoms with Gasteiger partial charge in [0.05, 0.1) is 22.4 Å². The van der Waals surface area contributed by atoms with E-state index in [9.17, 15) is 9.59 Å². The number of para-hydroxylation sites is 2. The molecule has 1 spiro atoms. The van der Waals surface area contributed by atoms with Crippen LogP contribution in [-0.4, -0.2) is 11.6 Å². The molecule has 0 bridgehead atoms. The van der Waals surface area contributed by atoms with Crippen LogP contribution in [0.4, 0.5) is 16.4 Å². The average molecular weight is 654 g/mol. The van der Waals surface area contributed by atoms with E-state index in [1.165, 1.54) is 50.2 Å². The number of nitrogens with zero attached hydrogens (tertiary/aromatic N) is 1. The Morgan fingerprint density at radius 3 is 1.61 bits per heavy atom. The standard InChI is InChI=1S/C45H35NO2S/c1-26(2)29-18-13-19-30(27(3)4)41(29)46-40-23-12-11-22-38(40)45(36-20-9-7-14-31(36)32-15-8-10-21-37(32)45)39-25-28(49-44(39)46)24-35-42(47)33-16-5-6-17-34(33)43(35)48/h5-27H,1-4H3. The van der Waals surface area contributed by atoms with E-state index in [2.05, 4.69) is 130 Å². The molecule has 2 heterocycles. The smallest absolute Gasteiger partial charge is 0.197 e. The molecule has 3 nitrogen and oxygen atoms in total. The van der Waals surface area contributed by atoms with E-state index in [-0.39, 0.29) is 17.1 Å². The molecule has 1 aliphatic heterocycles. The second-order valence-electron chi connectivity index (χ2n) is 13.9. The molecular weight excluding hydrogens is 619 g/mol. The molecule has 2 aliphatic carbocycles. The Bertz CT molecular complexity index is 2300. The van der Waals surface area contributed by atoms with Crippen molar-refractivity contribution in [3.63, 3.8) is 0 Å². The van der Waals surface area contributed by atoms with Crippen molar-refractivity contribution in [2.45, 2.75) is 44.9 Å². The number of carbonyl (C=O) groups excluding carboxylic acids is 2. The predicted molar refractivity (Wildman–Crippen MR) is 201 cm³/mol. The largest absolute Gasteiger partial charge is 0.301 e. The van der Waals surface area contributed by atoms with Gasteiger partial charge in [0.25, 0.3) is 0 Å². The zero-order chi connectivity index (χ0) is 33.6. The molecule has 4 heteroatoms. The Labute approximate surface area is 291 Å². The molecule has 238 valence electrons. The quantitative estimate of drug-likeness (QED) is 0.140. The Morgan fingerprint density at radius 2 is 1.06 bits per heavy atom. The van der Waals surface area contributed by atoms with Gasteiger partial charge in [-0.15, -0.1) is 11.3 Å². The summed E-state index contributed by atoms with van der Waals surface area (Å²) in [5, 5.41) is 1.11. The molecule has 0 saturated heterocycles. The number of ketones is 2.